The Bertz CT molecular complexity index is 1490. The fourth-order valence-electron chi connectivity index (χ4n) is 6.20. The van der Waals surface area contributed by atoms with Gasteiger partial charge in [-0.2, -0.15) is 30.6 Å². The number of benzene rings is 2. The van der Waals surface area contributed by atoms with Gasteiger partial charge in [0.05, 0.1) is 10.4 Å². The van der Waals surface area contributed by atoms with E-state index in [2.05, 4.69) is 9.71 Å². The first-order valence-electron chi connectivity index (χ1n) is 11.8. The van der Waals surface area contributed by atoms with E-state index in [4.69, 9.17) is 0 Å². The zero-order chi connectivity index (χ0) is 26.2. The van der Waals surface area contributed by atoms with Gasteiger partial charge < -0.3 is 0 Å². The molecule has 12 heteroatoms. The summed E-state index contributed by atoms with van der Waals surface area (Å²) in [5, 5.41) is 0.656. The average Bonchev–Trinajstić information content (AvgIpc) is 3.42. The average molecular weight is 556 g/mol. The molecule has 0 radical (unpaired) electrons. The van der Waals surface area contributed by atoms with E-state index in [1.807, 2.05) is 18.2 Å². The highest BCUT2D eigenvalue weighted by molar-refractivity contribution is 7.87. The van der Waals surface area contributed by atoms with E-state index in [0.717, 1.165) is 35.6 Å². The smallest absolute Gasteiger partial charge is 0.244 e. The zero-order valence-corrected chi connectivity index (χ0v) is 21.0. The SMILES string of the molecule is O=S1(=O)N[C@@]2(CN1CC(F)(F)F)[C@@H]1CC[C@H]2Cc2ccc(-c3ncc(-c4ccc(F)cc4F)s3)cc2C1. The second-order valence-electron chi connectivity index (χ2n) is 10.0. The van der Waals surface area contributed by atoms with Crippen molar-refractivity contribution >= 4 is 21.5 Å². The predicted octanol–water partition coefficient (Wildman–Crippen LogP) is 5.33. The monoisotopic (exact) mass is 555 g/mol. The Balaban J connectivity index is 1.29. The first-order valence-corrected chi connectivity index (χ1v) is 14.1. The van der Waals surface area contributed by atoms with Crippen molar-refractivity contribution < 1.29 is 30.4 Å². The third-order valence-electron chi connectivity index (χ3n) is 7.86. The molecule has 2 aromatic carbocycles. The van der Waals surface area contributed by atoms with Crippen LogP contribution in [0, 0.1) is 23.5 Å². The molecule has 3 aliphatic rings. The van der Waals surface area contributed by atoms with Crippen molar-refractivity contribution in [2.75, 3.05) is 13.1 Å². The second-order valence-corrected chi connectivity index (χ2v) is 12.7. The van der Waals surface area contributed by atoms with Crippen LogP contribution in [0.25, 0.3) is 21.0 Å². The Labute approximate surface area is 214 Å². The summed E-state index contributed by atoms with van der Waals surface area (Å²) in [6.45, 7) is -1.69. The van der Waals surface area contributed by atoms with Gasteiger partial charge in [-0.15, -0.1) is 11.3 Å². The lowest BCUT2D eigenvalue weighted by molar-refractivity contribution is -0.136. The van der Waals surface area contributed by atoms with Gasteiger partial charge in [-0.1, -0.05) is 12.1 Å². The van der Waals surface area contributed by atoms with Crippen LogP contribution in [0.5, 0.6) is 0 Å². The molecule has 2 aliphatic carbocycles. The normalized spacial score (nSPS) is 26.9. The topological polar surface area (TPSA) is 62.3 Å². The number of hydrogen-bond donors (Lipinski definition) is 1. The molecule has 2 bridgehead atoms. The molecular weight excluding hydrogens is 533 g/mol. The summed E-state index contributed by atoms with van der Waals surface area (Å²) in [6, 6.07) is 9.26. The van der Waals surface area contributed by atoms with E-state index in [-0.39, 0.29) is 23.9 Å². The first kappa shape index (κ1) is 24.9. The minimum atomic E-state index is -4.62. The van der Waals surface area contributed by atoms with Crippen molar-refractivity contribution in [3.8, 4) is 21.0 Å². The molecule has 1 aromatic heterocycles. The Morgan fingerprint density at radius 3 is 2.49 bits per heavy atom. The second kappa shape index (κ2) is 8.55. The number of hydrogen-bond acceptors (Lipinski definition) is 4. The summed E-state index contributed by atoms with van der Waals surface area (Å²) in [5.74, 6) is -1.57. The van der Waals surface area contributed by atoms with Crippen LogP contribution in [0.3, 0.4) is 0 Å². The Morgan fingerprint density at radius 2 is 1.78 bits per heavy atom. The molecule has 196 valence electrons. The summed E-state index contributed by atoms with van der Waals surface area (Å²) in [7, 11) is -4.24. The fraction of sp³-hybridized carbons (Fsp3) is 0.400. The minimum Gasteiger partial charge on any atom is -0.244 e. The molecule has 5 nitrogen and oxygen atoms in total. The molecule has 6 rings (SSSR count). The zero-order valence-electron chi connectivity index (χ0n) is 19.4. The maximum absolute atomic E-state index is 14.2. The van der Waals surface area contributed by atoms with Gasteiger partial charge in [0, 0.05) is 29.9 Å². The van der Waals surface area contributed by atoms with Gasteiger partial charge in [0.2, 0.25) is 0 Å². The van der Waals surface area contributed by atoms with Gasteiger partial charge in [-0.05, 0) is 66.8 Å². The van der Waals surface area contributed by atoms with Crippen LogP contribution in [0.4, 0.5) is 22.0 Å². The van der Waals surface area contributed by atoms with E-state index in [0.29, 0.717) is 27.0 Å². The first-order chi connectivity index (χ1) is 17.4. The maximum atomic E-state index is 14.2. The molecule has 3 aromatic rings. The lowest BCUT2D eigenvalue weighted by Crippen LogP contribution is -2.52. The van der Waals surface area contributed by atoms with E-state index >= 15 is 0 Å². The number of nitrogens with one attached hydrogen (secondary N) is 1. The van der Waals surface area contributed by atoms with Gasteiger partial charge in [0.1, 0.15) is 23.2 Å². The lowest BCUT2D eigenvalue weighted by atomic mass is 9.79. The number of halogens is 5. The van der Waals surface area contributed by atoms with Crippen LogP contribution in [0.2, 0.25) is 0 Å². The molecule has 1 N–H and O–H groups in total. The van der Waals surface area contributed by atoms with Crippen molar-refractivity contribution in [2.45, 2.75) is 37.4 Å². The molecule has 0 unspecified atom stereocenters. The van der Waals surface area contributed by atoms with E-state index in [9.17, 15) is 30.4 Å². The third-order valence-corrected chi connectivity index (χ3v) is 10.5. The van der Waals surface area contributed by atoms with Crippen LogP contribution >= 0.6 is 11.3 Å². The quantitative estimate of drug-likeness (QED) is 0.445. The highest BCUT2D eigenvalue weighted by atomic mass is 32.2. The molecule has 1 spiro atoms. The lowest BCUT2D eigenvalue weighted by Gasteiger charge is -2.33. The highest BCUT2D eigenvalue weighted by Crippen LogP contribution is 2.51. The standard InChI is InChI=1S/C25H22F5N3O2S2/c26-19-5-6-20(21(27)10-19)22-11-31-23(36-22)15-2-1-14-8-17-3-4-18(9-16(14)7-15)24(17)12-33(13-25(28,29)30)37(34,35)32-24/h1-2,5-7,10-11,17-18,32H,3-4,8-9,12-13H2/t17-,18+,24+/m0/s1. The highest BCUT2D eigenvalue weighted by Gasteiger charge is 2.60. The molecule has 3 atom stereocenters. The van der Waals surface area contributed by atoms with Crippen LogP contribution in [0.1, 0.15) is 24.0 Å². The third kappa shape index (κ3) is 4.37. The van der Waals surface area contributed by atoms with Crippen molar-refractivity contribution in [1.29, 1.82) is 0 Å². The number of alkyl halides is 3. The number of rotatable bonds is 3. The summed E-state index contributed by atoms with van der Waals surface area (Å²) in [6.07, 6.45) is -0.507. The van der Waals surface area contributed by atoms with Gasteiger partial charge >= 0.3 is 6.18 Å². The fourth-order valence-corrected chi connectivity index (χ4v) is 8.85. The van der Waals surface area contributed by atoms with Crippen molar-refractivity contribution in [2.24, 2.45) is 11.8 Å². The maximum Gasteiger partial charge on any atom is 0.402 e. The van der Waals surface area contributed by atoms with Gasteiger partial charge in [0.15, 0.2) is 0 Å². The van der Waals surface area contributed by atoms with Gasteiger partial charge in [-0.3, -0.25) is 0 Å². The Morgan fingerprint density at radius 1 is 1.05 bits per heavy atom. The molecule has 0 amide bonds. The number of fused-ring (bicyclic) bond motifs is 1. The van der Waals surface area contributed by atoms with Crippen LogP contribution < -0.4 is 4.72 Å². The van der Waals surface area contributed by atoms with Crippen LogP contribution in [-0.4, -0.2) is 42.5 Å². The summed E-state index contributed by atoms with van der Waals surface area (Å²) in [4.78, 5) is 4.99. The molecule has 1 saturated heterocycles. The van der Waals surface area contributed by atoms with E-state index in [1.54, 1.807) is 6.20 Å². The molecule has 1 saturated carbocycles. The number of thiazole rings is 1. The van der Waals surface area contributed by atoms with E-state index in [1.165, 1.54) is 23.5 Å². The molecule has 2 heterocycles. The number of nitrogens with zero attached hydrogens (tertiary/aromatic N) is 2. The Hall–Kier alpha value is -2.41. The minimum absolute atomic E-state index is 0.106. The molecule has 37 heavy (non-hydrogen) atoms. The Kier molecular flexibility index (Phi) is 5.76. The summed E-state index contributed by atoms with van der Waals surface area (Å²) in [5.41, 5.74) is 2.20. The molecule has 2 fully saturated rings. The van der Waals surface area contributed by atoms with Crippen LogP contribution in [-0.2, 0) is 23.1 Å². The van der Waals surface area contributed by atoms with Crippen molar-refractivity contribution in [3.63, 3.8) is 0 Å². The van der Waals surface area contributed by atoms with Crippen molar-refractivity contribution in [3.05, 3.63) is 65.4 Å². The van der Waals surface area contributed by atoms with Crippen molar-refractivity contribution in [1.82, 2.24) is 14.0 Å². The molecule has 1 aliphatic heterocycles. The summed E-state index contributed by atoms with van der Waals surface area (Å²) < 4.78 is 95.4. The van der Waals surface area contributed by atoms with E-state index < -0.39 is 40.1 Å². The predicted molar refractivity (Wildman–Crippen MR) is 129 cm³/mol. The van der Waals surface area contributed by atoms with Gasteiger partial charge in [0.25, 0.3) is 10.2 Å². The summed E-state index contributed by atoms with van der Waals surface area (Å²) >= 11 is 1.28. The molecular formula is C25H22F5N3O2S2. The number of aromatic nitrogens is 1. The van der Waals surface area contributed by atoms with Gasteiger partial charge in [-0.25, -0.2) is 13.8 Å². The largest absolute Gasteiger partial charge is 0.402 e. The van der Waals surface area contributed by atoms with Crippen LogP contribution in [0.15, 0.2) is 42.6 Å².